The molecule has 4 nitrogen and oxygen atoms in total. The standard InChI is InChI=1S/C13H26N2O2S/c1-10(2)15(9-11(3)16)13(17)12(4)14-5-7-18-8-6-14/h10-12,16H,5-9H2,1-4H3/t11-,12-/m1/s1. The molecule has 0 aliphatic carbocycles. The Morgan fingerprint density at radius 3 is 2.28 bits per heavy atom. The highest BCUT2D eigenvalue weighted by molar-refractivity contribution is 7.99. The van der Waals surface area contributed by atoms with Gasteiger partial charge in [0.05, 0.1) is 12.1 Å². The van der Waals surface area contributed by atoms with E-state index >= 15 is 0 Å². The summed E-state index contributed by atoms with van der Waals surface area (Å²) in [6.07, 6.45) is -0.472. The zero-order chi connectivity index (χ0) is 13.7. The Morgan fingerprint density at radius 2 is 1.83 bits per heavy atom. The Hall–Kier alpha value is -0.260. The van der Waals surface area contributed by atoms with E-state index in [0.29, 0.717) is 6.54 Å². The van der Waals surface area contributed by atoms with E-state index in [9.17, 15) is 9.90 Å². The number of rotatable bonds is 5. The maximum atomic E-state index is 12.5. The molecule has 5 heteroatoms. The van der Waals surface area contributed by atoms with Crippen molar-refractivity contribution in [2.45, 2.75) is 45.9 Å². The minimum atomic E-state index is -0.472. The van der Waals surface area contributed by atoms with Crippen molar-refractivity contribution in [3.05, 3.63) is 0 Å². The summed E-state index contributed by atoms with van der Waals surface area (Å²) in [4.78, 5) is 16.5. The zero-order valence-corrected chi connectivity index (χ0v) is 12.7. The van der Waals surface area contributed by atoms with Crippen LogP contribution in [0.15, 0.2) is 0 Å². The van der Waals surface area contributed by atoms with Gasteiger partial charge in [-0.05, 0) is 27.7 Å². The summed E-state index contributed by atoms with van der Waals surface area (Å²) in [6, 6.07) is 0.0563. The lowest BCUT2D eigenvalue weighted by Crippen LogP contribution is -2.52. The first-order valence-corrected chi connectivity index (χ1v) is 7.89. The topological polar surface area (TPSA) is 43.8 Å². The van der Waals surface area contributed by atoms with Gasteiger partial charge in [-0.2, -0.15) is 11.8 Å². The first kappa shape index (κ1) is 15.8. The van der Waals surface area contributed by atoms with Crippen molar-refractivity contribution >= 4 is 17.7 Å². The lowest BCUT2D eigenvalue weighted by atomic mass is 10.2. The second kappa shape index (κ2) is 7.36. The number of thioether (sulfide) groups is 1. The van der Waals surface area contributed by atoms with Gasteiger partial charge in [-0.25, -0.2) is 0 Å². The van der Waals surface area contributed by atoms with Gasteiger partial charge in [-0.15, -0.1) is 0 Å². The highest BCUT2D eigenvalue weighted by Crippen LogP contribution is 2.15. The van der Waals surface area contributed by atoms with Gasteiger partial charge >= 0.3 is 0 Å². The highest BCUT2D eigenvalue weighted by Gasteiger charge is 2.28. The molecule has 0 aromatic rings. The number of aliphatic hydroxyl groups is 1. The number of carbonyl (C=O) groups excluding carboxylic acids is 1. The molecule has 1 fully saturated rings. The quantitative estimate of drug-likeness (QED) is 0.813. The van der Waals surface area contributed by atoms with Gasteiger partial charge in [0.15, 0.2) is 0 Å². The van der Waals surface area contributed by atoms with Crippen molar-refractivity contribution in [2.24, 2.45) is 0 Å². The van der Waals surface area contributed by atoms with Crippen LogP contribution in [0.1, 0.15) is 27.7 Å². The van der Waals surface area contributed by atoms with Crippen LogP contribution in [0.3, 0.4) is 0 Å². The molecular weight excluding hydrogens is 248 g/mol. The first-order valence-electron chi connectivity index (χ1n) is 6.73. The van der Waals surface area contributed by atoms with E-state index in [1.807, 2.05) is 32.5 Å². The molecule has 18 heavy (non-hydrogen) atoms. The monoisotopic (exact) mass is 274 g/mol. The van der Waals surface area contributed by atoms with Gasteiger partial charge in [0.2, 0.25) is 5.91 Å². The van der Waals surface area contributed by atoms with Gasteiger partial charge < -0.3 is 10.0 Å². The minimum Gasteiger partial charge on any atom is -0.392 e. The van der Waals surface area contributed by atoms with Crippen molar-refractivity contribution in [2.75, 3.05) is 31.1 Å². The predicted molar refractivity (Wildman–Crippen MR) is 76.9 cm³/mol. The summed E-state index contributed by atoms with van der Waals surface area (Å²) in [5.74, 6) is 2.35. The number of aliphatic hydroxyl groups excluding tert-OH is 1. The van der Waals surface area contributed by atoms with Crippen LogP contribution in [0.2, 0.25) is 0 Å². The number of hydrogen-bond donors (Lipinski definition) is 1. The van der Waals surface area contributed by atoms with E-state index in [1.54, 1.807) is 11.8 Å². The Morgan fingerprint density at radius 1 is 1.28 bits per heavy atom. The summed E-state index contributed by atoms with van der Waals surface area (Å²) in [5.41, 5.74) is 0. The lowest BCUT2D eigenvalue weighted by molar-refractivity contribution is -0.139. The molecule has 0 radical (unpaired) electrons. The Balaban J connectivity index is 2.63. The highest BCUT2D eigenvalue weighted by atomic mass is 32.2. The molecule has 1 N–H and O–H groups in total. The molecule has 1 heterocycles. The van der Waals surface area contributed by atoms with Crippen LogP contribution in [-0.4, -0.2) is 70.1 Å². The maximum absolute atomic E-state index is 12.5. The largest absolute Gasteiger partial charge is 0.392 e. The Kier molecular flexibility index (Phi) is 6.46. The van der Waals surface area contributed by atoms with Crippen LogP contribution >= 0.6 is 11.8 Å². The Labute approximate surface area is 115 Å². The minimum absolute atomic E-state index is 0.0768. The molecule has 0 unspecified atom stereocenters. The van der Waals surface area contributed by atoms with E-state index in [-0.39, 0.29) is 18.0 Å². The average Bonchev–Trinajstić information content (AvgIpc) is 2.34. The number of nitrogens with zero attached hydrogens (tertiary/aromatic N) is 2. The average molecular weight is 274 g/mol. The fourth-order valence-corrected chi connectivity index (χ4v) is 3.13. The van der Waals surface area contributed by atoms with Crippen LogP contribution in [-0.2, 0) is 4.79 Å². The number of carbonyl (C=O) groups is 1. The molecular formula is C13H26N2O2S. The summed E-state index contributed by atoms with van der Waals surface area (Å²) in [6.45, 7) is 10.1. The van der Waals surface area contributed by atoms with Gasteiger partial charge in [-0.1, -0.05) is 0 Å². The van der Waals surface area contributed by atoms with Crippen molar-refractivity contribution in [1.29, 1.82) is 0 Å². The van der Waals surface area contributed by atoms with Crippen molar-refractivity contribution in [3.63, 3.8) is 0 Å². The second-order valence-corrected chi connectivity index (χ2v) is 6.48. The first-order chi connectivity index (χ1) is 8.43. The van der Waals surface area contributed by atoms with Crippen LogP contribution in [0.4, 0.5) is 0 Å². The smallest absolute Gasteiger partial charge is 0.239 e. The molecule has 106 valence electrons. The van der Waals surface area contributed by atoms with Crippen LogP contribution in [0.25, 0.3) is 0 Å². The van der Waals surface area contributed by atoms with E-state index < -0.39 is 6.10 Å². The summed E-state index contributed by atoms with van der Waals surface area (Å²) < 4.78 is 0. The molecule has 1 aliphatic heterocycles. The third kappa shape index (κ3) is 4.44. The summed E-state index contributed by atoms with van der Waals surface area (Å²) >= 11 is 1.95. The van der Waals surface area contributed by atoms with E-state index in [2.05, 4.69) is 4.90 Å². The summed E-state index contributed by atoms with van der Waals surface area (Å²) in [7, 11) is 0. The molecule has 0 aromatic heterocycles. The maximum Gasteiger partial charge on any atom is 0.239 e. The van der Waals surface area contributed by atoms with Crippen LogP contribution in [0, 0.1) is 0 Å². The SMILES string of the molecule is CC(C)N(C[C@@H](C)O)C(=O)[C@@H](C)N1CCSCC1. The van der Waals surface area contributed by atoms with E-state index in [4.69, 9.17) is 0 Å². The lowest BCUT2D eigenvalue weighted by Gasteiger charge is -2.36. The fraction of sp³-hybridized carbons (Fsp3) is 0.923. The number of amides is 1. The molecule has 1 amide bonds. The molecule has 1 aliphatic rings. The molecule has 0 bridgehead atoms. The summed E-state index contributed by atoms with van der Waals surface area (Å²) in [5, 5.41) is 9.50. The molecule has 0 spiro atoms. The number of hydrogen-bond acceptors (Lipinski definition) is 4. The third-order valence-corrected chi connectivity index (χ3v) is 4.26. The van der Waals surface area contributed by atoms with Crippen molar-refractivity contribution < 1.29 is 9.90 Å². The Bertz CT molecular complexity index is 266. The molecule has 0 aromatic carbocycles. The zero-order valence-electron chi connectivity index (χ0n) is 11.9. The van der Waals surface area contributed by atoms with Crippen molar-refractivity contribution in [1.82, 2.24) is 9.80 Å². The third-order valence-electron chi connectivity index (χ3n) is 3.32. The van der Waals surface area contributed by atoms with E-state index in [1.165, 1.54) is 0 Å². The van der Waals surface area contributed by atoms with Gasteiger partial charge in [0.1, 0.15) is 0 Å². The molecule has 1 saturated heterocycles. The van der Waals surface area contributed by atoms with E-state index in [0.717, 1.165) is 24.6 Å². The van der Waals surface area contributed by atoms with Gasteiger partial charge in [-0.3, -0.25) is 9.69 Å². The fourth-order valence-electron chi connectivity index (χ4n) is 2.20. The van der Waals surface area contributed by atoms with Gasteiger partial charge in [0.25, 0.3) is 0 Å². The molecule has 2 atom stereocenters. The van der Waals surface area contributed by atoms with Crippen molar-refractivity contribution in [3.8, 4) is 0 Å². The van der Waals surface area contributed by atoms with Gasteiger partial charge in [0, 0.05) is 37.2 Å². The normalized spacial score (nSPS) is 20.8. The molecule has 1 rings (SSSR count). The predicted octanol–water partition coefficient (Wildman–Crippen LogP) is 1.04. The van der Waals surface area contributed by atoms with Crippen LogP contribution in [0.5, 0.6) is 0 Å². The van der Waals surface area contributed by atoms with Crippen LogP contribution < -0.4 is 0 Å². The molecule has 0 saturated carbocycles. The second-order valence-electron chi connectivity index (χ2n) is 5.26.